The number of aromatic nitrogens is 2. The molecule has 2 heterocycles. The van der Waals surface area contributed by atoms with Gasteiger partial charge >= 0.3 is 0 Å². The summed E-state index contributed by atoms with van der Waals surface area (Å²) in [7, 11) is 1.54. The first-order chi connectivity index (χ1) is 9.74. The Bertz CT molecular complexity index is 827. The molecule has 0 spiro atoms. The second-order valence-corrected chi connectivity index (χ2v) is 4.55. The average Bonchev–Trinajstić information content (AvgIpc) is 2.82. The Balaban J connectivity index is 2.26. The van der Waals surface area contributed by atoms with Crippen molar-refractivity contribution < 1.29 is 4.74 Å². The molecular formula is C16H13N3O. The minimum Gasteiger partial charge on any atom is -0.494 e. The topological polar surface area (TPSA) is 61.7 Å². The van der Waals surface area contributed by atoms with Crippen molar-refractivity contribution in [2.75, 3.05) is 7.11 Å². The van der Waals surface area contributed by atoms with E-state index in [-0.39, 0.29) is 0 Å². The Labute approximate surface area is 116 Å². The summed E-state index contributed by atoms with van der Waals surface area (Å²) in [5.41, 5.74) is 4.39. The van der Waals surface area contributed by atoms with Crippen molar-refractivity contribution in [2.45, 2.75) is 6.92 Å². The molecule has 0 saturated carbocycles. The lowest BCUT2D eigenvalue weighted by molar-refractivity contribution is 0.411. The van der Waals surface area contributed by atoms with E-state index in [1.165, 1.54) is 7.11 Å². The zero-order valence-electron chi connectivity index (χ0n) is 11.3. The SMILES string of the molecule is COc1cnc(-c2c(C)[nH]c3ccccc23)cc1C#N. The summed E-state index contributed by atoms with van der Waals surface area (Å²) < 4.78 is 5.13. The molecule has 2 aromatic heterocycles. The number of rotatable bonds is 2. The number of nitrogens with zero attached hydrogens (tertiary/aromatic N) is 2. The second kappa shape index (κ2) is 4.71. The minimum atomic E-state index is 0.488. The van der Waals surface area contributed by atoms with Gasteiger partial charge in [-0.05, 0) is 19.1 Å². The highest BCUT2D eigenvalue weighted by molar-refractivity contribution is 5.96. The molecule has 98 valence electrons. The number of hydrogen-bond acceptors (Lipinski definition) is 3. The van der Waals surface area contributed by atoms with Crippen molar-refractivity contribution in [3.05, 3.63) is 47.8 Å². The van der Waals surface area contributed by atoms with Gasteiger partial charge in [-0.3, -0.25) is 4.98 Å². The van der Waals surface area contributed by atoms with Gasteiger partial charge in [-0.25, -0.2) is 0 Å². The number of pyridine rings is 1. The fourth-order valence-electron chi connectivity index (χ4n) is 2.44. The highest BCUT2D eigenvalue weighted by Gasteiger charge is 2.13. The van der Waals surface area contributed by atoms with E-state index in [4.69, 9.17) is 4.74 Å². The number of benzene rings is 1. The zero-order valence-corrected chi connectivity index (χ0v) is 11.3. The third-order valence-corrected chi connectivity index (χ3v) is 3.36. The molecule has 0 aliphatic heterocycles. The Morgan fingerprint density at radius 3 is 2.85 bits per heavy atom. The third kappa shape index (κ3) is 1.81. The molecule has 0 aliphatic carbocycles. The van der Waals surface area contributed by atoms with Crippen LogP contribution in [-0.2, 0) is 0 Å². The molecule has 20 heavy (non-hydrogen) atoms. The van der Waals surface area contributed by atoms with Gasteiger partial charge in [-0.1, -0.05) is 18.2 Å². The Hall–Kier alpha value is -2.80. The average molecular weight is 263 g/mol. The van der Waals surface area contributed by atoms with Crippen LogP contribution in [0.1, 0.15) is 11.3 Å². The maximum Gasteiger partial charge on any atom is 0.154 e. The molecule has 1 N–H and O–H groups in total. The van der Waals surface area contributed by atoms with E-state index in [0.29, 0.717) is 11.3 Å². The number of nitriles is 1. The smallest absolute Gasteiger partial charge is 0.154 e. The number of methoxy groups -OCH3 is 1. The quantitative estimate of drug-likeness (QED) is 0.770. The Kier molecular flexibility index (Phi) is 2.88. The van der Waals surface area contributed by atoms with Gasteiger partial charge in [0.2, 0.25) is 0 Å². The standard InChI is InChI=1S/C16H13N3O/c1-10-16(12-5-3-4-6-13(12)19-10)14-7-11(8-17)15(20-2)9-18-14/h3-7,9,19H,1-2H3. The number of H-pyrrole nitrogens is 1. The van der Waals surface area contributed by atoms with Gasteiger partial charge in [0.05, 0.1) is 24.6 Å². The van der Waals surface area contributed by atoms with Crippen LogP contribution in [0.15, 0.2) is 36.5 Å². The molecule has 4 nitrogen and oxygen atoms in total. The fraction of sp³-hybridized carbons (Fsp3) is 0.125. The highest BCUT2D eigenvalue weighted by Crippen LogP contribution is 2.32. The number of aromatic amines is 1. The van der Waals surface area contributed by atoms with Gasteiger partial charge < -0.3 is 9.72 Å². The Morgan fingerprint density at radius 2 is 2.10 bits per heavy atom. The molecule has 0 atom stereocenters. The van der Waals surface area contributed by atoms with E-state index < -0.39 is 0 Å². The minimum absolute atomic E-state index is 0.488. The summed E-state index contributed by atoms with van der Waals surface area (Å²) in [6.07, 6.45) is 1.59. The normalized spacial score (nSPS) is 10.4. The van der Waals surface area contributed by atoms with Crippen LogP contribution in [0.5, 0.6) is 5.75 Å². The highest BCUT2D eigenvalue weighted by atomic mass is 16.5. The third-order valence-electron chi connectivity index (χ3n) is 3.36. The molecule has 3 aromatic rings. The number of ether oxygens (including phenoxy) is 1. The van der Waals surface area contributed by atoms with Crippen molar-refractivity contribution in [3.63, 3.8) is 0 Å². The molecule has 1 aromatic carbocycles. The van der Waals surface area contributed by atoms with Crippen LogP contribution < -0.4 is 4.74 Å². The molecule has 0 fully saturated rings. The van der Waals surface area contributed by atoms with Crippen molar-refractivity contribution in [3.8, 4) is 23.1 Å². The second-order valence-electron chi connectivity index (χ2n) is 4.55. The lowest BCUT2D eigenvalue weighted by atomic mass is 10.1. The van der Waals surface area contributed by atoms with Gasteiger partial charge in [0.1, 0.15) is 6.07 Å². The van der Waals surface area contributed by atoms with Crippen molar-refractivity contribution >= 4 is 10.9 Å². The van der Waals surface area contributed by atoms with Crippen molar-refractivity contribution in [1.82, 2.24) is 9.97 Å². The van der Waals surface area contributed by atoms with Gasteiger partial charge in [0, 0.05) is 22.2 Å². The maximum absolute atomic E-state index is 9.19. The van der Waals surface area contributed by atoms with Crippen LogP contribution in [0.4, 0.5) is 0 Å². The number of hydrogen-bond donors (Lipinski definition) is 1. The van der Waals surface area contributed by atoms with Crippen LogP contribution in [0.3, 0.4) is 0 Å². The monoisotopic (exact) mass is 263 g/mol. The van der Waals surface area contributed by atoms with E-state index >= 15 is 0 Å². The van der Waals surface area contributed by atoms with Crippen LogP contribution >= 0.6 is 0 Å². The summed E-state index contributed by atoms with van der Waals surface area (Å²) in [6, 6.07) is 12.0. The van der Waals surface area contributed by atoms with Gasteiger partial charge in [-0.15, -0.1) is 0 Å². The van der Waals surface area contributed by atoms with Crippen LogP contribution in [0.25, 0.3) is 22.2 Å². The molecule has 4 heteroatoms. The van der Waals surface area contributed by atoms with Crippen LogP contribution in [0, 0.1) is 18.3 Å². The largest absolute Gasteiger partial charge is 0.494 e. The first-order valence-electron chi connectivity index (χ1n) is 6.26. The van der Waals surface area contributed by atoms with Gasteiger partial charge in [-0.2, -0.15) is 5.26 Å². The Morgan fingerprint density at radius 1 is 1.30 bits per heavy atom. The number of nitrogens with one attached hydrogen (secondary N) is 1. The first kappa shape index (κ1) is 12.2. The van der Waals surface area contributed by atoms with E-state index in [9.17, 15) is 5.26 Å². The molecule has 0 unspecified atom stereocenters. The maximum atomic E-state index is 9.19. The summed E-state index contributed by atoms with van der Waals surface area (Å²) in [6.45, 7) is 2.01. The lowest BCUT2D eigenvalue weighted by Gasteiger charge is -2.05. The molecule has 0 saturated heterocycles. The van der Waals surface area contributed by atoms with Crippen LogP contribution in [-0.4, -0.2) is 17.1 Å². The first-order valence-corrected chi connectivity index (χ1v) is 6.26. The number of fused-ring (bicyclic) bond motifs is 1. The number of aryl methyl sites for hydroxylation is 1. The lowest BCUT2D eigenvalue weighted by Crippen LogP contribution is -1.92. The molecule has 0 aliphatic rings. The predicted molar refractivity (Wildman–Crippen MR) is 77.5 cm³/mol. The van der Waals surface area contributed by atoms with Crippen molar-refractivity contribution in [1.29, 1.82) is 5.26 Å². The number of para-hydroxylation sites is 1. The van der Waals surface area contributed by atoms with Crippen LogP contribution in [0.2, 0.25) is 0 Å². The summed E-state index contributed by atoms with van der Waals surface area (Å²) in [4.78, 5) is 7.75. The summed E-state index contributed by atoms with van der Waals surface area (Å²) in [5.74, 6) is 0.494. The molecule has 0 bridgehead atoms. The molecule has 3 rings (SSSR count). The fourth-order valence-corrected chi connectivity index (χ4v) is 2.44. The molecular weight excluding hydrogens is 250 g/mol. The van der Waals surface area contributed by atoms with E-state index in [2.05, 4.69) is 16.0 Å². The van der Waals surface area contributed by atoms with Crippen molar-refractivity contribution in [2.24, 2.45) is 0 Å². The van der Waals surface area contributed by atoms with E-state index in [1.807, 2.05) is 31.2 Å². The molecule has 0 radical (unpaired) electrons. The molecule has 0 amide bonds. The van der Waals surface area contributed by atoms with E-state index in [0.717, 1.165) is 27.9 Å². The zero-order chi connectivity index (χ0) is 14.1. The van der Waals surface area contributed by atoms with Gasteiger partial charge in [0.15, 0.2) is 5.75 Å². The summed E-state index contributed by atoms with van der Waals surface area (Å²) in [5, 5.41) is 10.3. The predicted octanol–water partition coefficient (Wildman–Crippen LogP) is 3.42. The summed E-state index contributed by atoms with van der Waals surface area (Å²) >= 11 is 0. The van der Waals surface area contributed by atoms with E-state index in [1.54, 1.807) is 12.3 Å². The van der Waals surface area contributed by atoms with Gasteiger partial charge in [0.25, 0.3) is 0 Å².